The first-order valence-corrected chi connectivity index (χ1v) is 7.20. The van der Waals surface area contributed by atoms with Crippen molar-refractivity contribution in [3.8, 4) is 0 Å². The number of nitrogens with zero attached hydrogens (tertiary/aromatic N) is 2. The van der Waals surface area contributed by atoms with Crippen molar-refractivity contribution in [2.24, 2.45) is 0 Å². The molecule has 0 saturated heterocycles. The molecule has 0 radical (unpaired) electrons. The zero-order chi connectivity index (χ0) is 14.2. The van der Waals surface area contributed by atoms with Gasteiger partial charge in [0.15, 0.2) is 0 Å². The van der Waals surface area contributed by atoms with Crippen LogP contribution in [0.3, 0.4) is 0 Å². The van der Waals surface area contributed by atoms with Gasteiger partial charge in [-0.05, 0) is 38.3 Å². The summed E-state index contributed by atoms with van der Waals surface area (Å²) in [5, 5.41) is 16.3. The summed E-state index contributed by atoms with van der Waals surface area (Å²) >= 11 is 0. The van der Waals surface area contributed by atoms with Crippen LogP contribution in [-0.2, 0) is 0 Å². The monoisotopic (exact) mass is 274 g/mol. The average molecular weight is 274 g/mol. The topological polar surface area (TPSA) is 70.1 Å². The van der Waals surface area contributed by atoms with E-state index in [1.807, 2.05) is 31.2 Å². The first-order chi connectivity index (χ1) is 9.85. The van der Waals surface area contributed by atoms with Crippen LogP contribution in [0.2, 0.25) is 0 Å². The molecule has 2 rings (SSSR count). The highest BCUT2D eigenvalue weighted by atomic mass is 16.2. The maximum atomic E-state index is 8.77. The van der Waals surface area contributed by atoms with Crippen LogP contribution in [0.4, 0.5) is 11.8 Å². The summed E-state index contributed by atoms with van der Waals surface area (Å²) in [6, 6.07) is 8.00. The molecule has 1 aromatic carbocycles. The van der Waals surface area contributed by atoms with Gasteiger partial charge in [-0.25, -0.2) is 4.98 Å². The molecule has 1 heterocycles. The SMILES string of the molecule is CCNc1nc(NCCCCCO)c2ccccc2n1. The van der Waals surface area contributed by atoms with E-state index in [1.165, 1.54) is 0 Å². The van der Waals surface area contributed by atoms with Crippen LogP contribution in [0.1, 0.15) is 26.2 Å². The van der Waals surface area contributed by atoms with E-state index in [0.717, 1.165) is 49.1 Å². The van der Waals surface area contributed by atoms with E-state index in [1.54, 1.807) is 0 Å². The van der Waals surface area contributed by atoms with Gasteiger partial charge in [0.1, 0.15) is 5.82 Å². The lowest BCUT2D eigenvalue weighted by atomic mass is 10.2. The molecule has 2 aromatic rings. The molecule has 5 heteroatoms. The molecular weight excluding hydrogens is 252 g/mol. The van der Waals surface area contributed by atoms with Crippen molar-refractivity contribution in [1.82, 2.24) is 9.97 Å². The highest BCUT2D eigenvalue weighted by molar-refractivity contribution is 5.89. The van der Waals surface area contributed by atoms with Crippen molar-refractivity contribution in [2.45, 2.75) is 26.2 Å². The van der Waals surface area contributed by atoms with Gasteiger partial charge < -0.3 is 15.7 Å². The lowest BCUT2D eigenvalue weighted by Gasteiger charge is -2.11. The molecule has 108 valence electrons. The maximum Gasteiger partial charge on any atom is 0.225 e. The van der Waals surface area contributed by atoms with Gasteiger partial charge in [0.05, 0.1) is 5.52 Å². The lowest BCUT2D eigenvalue weighted by Crippen LogP contribution is -2.08. The minimum absolute atomic E-state index is 0.265. The number of aliphatic hydroxyl groups excluding tert-OH is 1. The van der Waals surface area contributed by atoms with Crippen molar-refractivity contribution < 1.29 is 5.11 Å². The number of unbranched alkanes of at least 4 members (excludes halogenated alkanes) is 2. The summed E-state index contributed by atoms with van der Waals surface area (Å²) in [4.78, 5) is 9.01. The van der Waals surface area contributed by atoms with Crippen LogP contribution in [-0.4, -0.2) is 34.8 Å². The normalized spacial score (nSPS) is 10.7. The van der Waals surface area contributed by atoms with Gasteiger partial charge in [-0.2, -0.15) is 4.98 Å². The Balaban J connectivity index is 2.12. The molecule has 0 fully saturated rings. The van der Waals surface area contributed by atoms with Crippen LogP contribution < -0.4 is 10.6 Å². The van der Waals surface area contributed by atoms with Gasteiger partial charge in [0.2, 0.25) is 5.95 Å². The van der Waals surface area contributed by atoms with Crippen molar-refractivity contribution in [3.05, 3.63) is 24.3 Å². The standard InChI is InChI=1S/C15H22N4O/c1-2-16-15-18-13-9-5-4-8-12(13)14(19-15)17-10-6-3-7-11-20/h4-5,8-9,20H,2-3,6-7,10-11H2,1H3,(H2,16,17,18,19). The number of fused-ring (bicyclic) bond motifs is 1. The Labute approximate surface area is 119 Å². The van der Waals surface area contributed by atoms with E-state index in [9.17, 15) is 0 Å². The molecule has 0 aliphatic rings. The number of hydrogen-bond donors (Lipinski definition) is 3. The Kier molecular flexibility index (Phi) is 5.55. The van der Waals surface area contributed by atoms with Crippen LogP contribution in [0.25, 0.3) is 10.9 Å². The number of rotatable bonds is 8. The lowest BCUT2D eigenvalue weighted by molar-refractivity contribution is 0.283. The zero-order valence-electron chi connectivity index (χ0n) is 11.9. The van der Waals surface area contributed by atoms with Crippen LogP contribution in [0.15, 0.2) is 24.3 Å². The number of anilines is 2. The van der Waals surface area contributed by atoms with Gasteiger partial charge in [-0.15, -0.1) is 0 Å². The van der Waals surface area contributed by atoms with Gasteiger partial charge in [0, 0.05) is 25.1 Å². The van der Waals surface area contributed by atoms with Crippen LogP contribution in [0, 0.1) is 0 Å². The Morgan fingerprint density at radius 2 is 1.90 bits per heavy atom. The van der Waals surface area contributed by atoms with E-state index < -0.39 is 0 Å². The van der Waals surface area contributed by atoms with E-state index in [0.29, 0.717) is 5.95 Å². The zero-order valence-corrected chi connectivity index (χ0v) is 11.9. The van der Waals surface area contributed by atoms with E-state index in [-0.39, 0.29) is 6.61 Å². The smallest absolute Gasteiger partial charge is 0.225 e. The quantitative estimate of drug-likeness (QED) is 0.646. The van der Waals surface area contributed by atoms with E-state index in [4.69, 9.17) is 5.11 Å². The van der Waals surface area contributed by atoms with Crippen molar-refractivity contribution in [2.75, 3.05) is 30.3 Å². The summed E-state index contributed by atoms with van der Waals surface area (Å²) in [6.07, 6.45) is 2.90. The van der Waals surface area contributed by atoms with Crippen molar-refractivity contribution in [1.29, 1.82) is 0 Å². The van der Waals surface area contributed by atoms with E-state index in [2.05, 4.69) is 20.6 Å². The largest absolute Gasteiger partial charge is 0.396 e. The Hall–Kier alpha value is -1.88. The third-order valence-electron chi connectivity index (χ3n) is 3.07. The molecule has 0 aliphatic heterocycles. The van der Waals surface area contributed by atoms with Gasteiger partial charge >= 0.3 is 0 Å². The maximum absolute atomic E-state index is 8.77. The van der Waals surface area contributed by atoms with Crippen molar-refractivity contribution >= 4 is 22.7 Å². The second-order valence-electron chi connectivity index (χ2n) is 4.65. The van der Waals surface area contributed by atoms with Gasteiger partial charge in [-0.3, -0.25) is 0 Å². The van der Waals surface area contributed by atoms with E-state index >= 15 is 0 Å². The molecule has 3 N–H and O–H groups in total. The van der Waals surface area contributed by atoms with Gasteiger partial charge in [0.25, 0.3) is 0 Å². The highest BCUT2D eigenvalue weighted by Gasteiger charge is 2.06. The number of nitrogens with one attached hydrogen (secondary N) is 2. The molecule has 0 amide bonds. The minimum atomic E-state index is 0.265. The summed E-state index contributed by atoms with van der Waals surface area (Å²) < 4.78 is 0. The fourth-order valence-corrected chi connectivity index (χ4v) is 2.07. The molecule has 0 bridgehead atoms. The minimum Gasteiger partial charge on any atom is -0.396 e. The molecule has 0 saturated carbocycles. The first kappa shape index (κ1) is 14.5. The highest BCUT2D eigenvalue weighted by Crippen LogP contribution is 2.21. The number of benzene rings is 1. The summed E-state index contributed by atoms with van der Waals surface area (Å²) in [5.74, 6) is 1.53. The average Bonchev–Trinajstić information content (AvgIpc) is 2.47. The molecular formula is C15H22N4O. The van der Waals surface area contributed by atoms with Crippen LogP contribution in [0.5, 0.6) is 0 Å². The Bertz CT molecular complexity index is 544. The predicted octanol–water partition coefficient (Wildman–Crippen LogP) is 2.64. The van der Waals surface area contributed by atoms with Gasteiger partial charge in [-0.1, -0.05) is 12.1 Å². The molecule has 0 aliphatic carbocycles. The first-order valence-electron chi connectivity index (χ1n) is 7.20. The predicted molar refractivity (Wildman–Crippen MR) is 83.1 cm³/mol. The molecule has 0 spiro atoms. The third kappa shape index (κ3) is 3.81. The Morgan fingerprint density at radius 1 is 1.05 bits per heavy atom. The molecule has 1 aromatic heterocycles. The number of hydrogen-bond acceptors (Lipinski definition) is 5. The number of aliphatic hydroxyl groups is 1. The third-order valence-corrected chi connectivity index (χ3v) is 3.07. The second kappa shape index (κ2) is 7.65. The Morgan fingerprint density at radius 3 is 2.70 bits per heavy atom. The molecule has 0 unspecified atom stereocenters. The molecule has 5 nitrogen and oxygen atoms in total. The fourth-order valence-electron chi connectivity index (χ4n) is 2.07. The summed E-state index contributed by atoms with van der Waals surface area (Å²) in [6.45, 7) is 3.95. The summed E-state index contributed by atoms with van der Waals surface area (Å²) in [7, 11) is 0. The molecule has 20 heavy (non-hydrogen) atoms. The molecule has 0 atom stereocenters. The van der Waals surface area contributed by atoms with Crippen LogP contribution >= 0.6 is 0 Å². The number of para-hydroxylation sites is 1. The second-order valence-corrected chi connectivity index (χ2v) is 4.65. The fraction of sp³-hybridized carbons (Fsp3) is 0.467. The number of aromatic nitrogens is 2. The van der Waals surface area contributed by atoms with Crippen molar-refractivity contribution in [3.63, 3.8) is 0 Å². The summed E-state index contributed by atoms with van der Waals surface area (Å²) in [5.41, 5.74) is 0.941.